The smallest absolute Gasteiger partial charge is 0.0991 e. The molecule has 19 aromatic carbocycles. The minimum atomic E-state index is -0.261. The second-order valence-corrected chi connectivity index (χ2v) is 32.1. The van der Waals surface area contributed by atoms with E-state index in [-0.39, 0.29) is 5.41 Å². The van der Waals surface area contributed by atoms with E-state index in [2.05, 4.69) is 495 Å². The number of nitrogens with zero attached hydrogens (tertiary/aromatic N) is 5. The maximum absolute atomic E-state index is 9.85. The molecular weight excluding hydrogens is 1490 g/mol. The number of benzene rings is 19. The molecule has 0 fully saturated rings. The van der Waals surface area contributed by atoms with Crippen molar-refractivity contribution in [3.63, 3.8) is 0 Å². The summed E-state index contributed by atoms with van der Waals surface area (Å²) >= 11 is 0. The SMILES string of the molecule is CC1(C)c2ccc(-c3ccc4cc(N(c5ccc(C#N)cc5)c5ccc(-c6ccc(C=Cc7ccc(-c8ccc(N(c9ccccc9)c9ccccc9)cc8)cc7)cc6)cc5)ccc4c3)cc2-c2ccc(N(c3ccc(-c4ccc(C=Cc5ccc(-c6ccc(N(c7ccccc7)c7ccccc7)cc6)cc5)cc4)cc3)c3ccc4ccccc4c3)cc21. The predicted octanol–water partition coefficient (Wildman–Crippen LogP) is 32.7. The fraction of sp³-hybridized carbons (Fsp3) is 0.0254. The number of para-hydroxylation sites is 4. The molecule has 0 spiro atoms. The third kappa shape index (κ3) is 15.7. The summed E-state index contributed by atoms with van der Waals surface area (Å²) in [5.74, 6) is 0. The second-order valence-electron chi connectivity index (χ2n) is 32.1. The van der Waals surface area contributed by atoms with Crippen LogP contribution in [0.2, 0.25) is 0 Å². The summed E-state index contributed by atoms with van der Waals surface area (Å²) in [6, 6.07) is 166. The standard InChI is InChI=1S/C118H85N5/c1-118(2)116-76-61-101(98-49-50-100-79-111(73-60-99(100)77-98)122(106-62-39-87(82-119)40-63-106)109-68-55-95(56-69-109)91-45-35-85(36-46-91)29-27-83-31-41-89(42-32-83)93-51-64-107(65-52-93)120(102-19-7-3-8-20-102)103-21-9-4-10-22-103)80-115(116)114-75-74-113(81-117(114)118)123(112-72-59-88-17-15-16-18-97(88)78-112)110-70-57-96(58-71-110)92-47-37-86(38-48-92)30-28-84-33-43-90(44-34-84)94-53-66-108(67-54-94)121(104-23-11-5-12-24-104)105-25-13-6-14-26-105/h3-81H,1-2H3. The Morgan fingerprint density at radius 3 is 0.829 bits per heavy atom. The molecule has 0 aromatic heterocycles. The van der Waals surface area contributed by atoms with Crippen LogP contribution < -0.4 is 19.6 Å². The van der Waals surface area contributed by atoms with Crippen LogP contribution in [0.4, 0.5) is 68.2 Å². The first-order valence-electron chi connectivity index (χ1n) is 42.0. The number of fused-ring (bicyclic) bond motifs is 5. The predicted molar refractivity (Wildman–Crippen MR) is 520 cm³/mol. The maximum atomic E-state index is 9.85. The summed E-state index contributed by atoms with van der Waals surface area (Å²) in [6.45, 7) is 4.75. The van der Waals surface area contributed by atoms with Gasteiger partial charge in [-0.3, -0.25) is 0 Å². The van der Waals surface area contributed by atoms with Crippen molar-refractivity contribution in [2.75, 3.05) is 19.6 Å². The van der Waals surface area contributed by atoms with Gasteiger partial charge in [0.05, 0.1) is 11.6 Å². The van der Waals surface area contributed by atoms with Gasteiger partial charge in [-0.05, 0) is 292 Å². The van der Waals surface area contributed by atoms with Crippen LogP contribution in [0.15, 0.2) is 455 Å². The summed E-state index contributed by atoms with van der Waals surface area (Å²) in [5, 5.41) is 14.5. The van der Waals surface area contributed by atoms with Crippen molar-refractivity contribution in [1.29, 1.82) is 5.26 Å². The molecule has 1 aliphatic rings. The molecule has 19 aromatic rings. The monoisotopic (exact) mass is 1570 g/mol. The molecular formula is C118H85N5. The van der Waals surface area contributed by atoms with Crippen LogP contribution in [-0.4, -0.2) is 0 Å². The van der Waals surface area contributed by atoms with E-state index in [1.165, 1.54) is 60.8 Å². The number of hydrogen-bond acceptors (Lipinski definition) is 5. The maximum Gasteiger partial charge on any atom is 0.0991 e. The minimum Gasteiger partial charge on any atom is -0.311 e. The zero-order valence-corrected chi connectivity index (χ0v) is 68.3. The van der Waals surface area contributed by atoms with Gasteiger partial charge in [-0.2, -0.15) is 5.26 Å². The zero-order chi connectivity index (χ0) is 82.6. The summed E-state index contributed by atoms with van der Waals surface area (Å²) < 4.78 is 0. The zero-order valence-electron chi connectivity index (χ0n) is 68.3. The molecule has 0 aliphatic heterocycles. The van der Waals surface area contributed by atoms with Gasteiger partial charge < -0.3 is 19.6 Å². The third-order valence-electron chi connectivity index (χ3n) is 24.1. The Labute approximate surface area is 720 Å². The molecule has 123 heavy (non-hydrogen) atoms. The highest BCUT2D eigenvalue weighted by Crippen LogP contribution is 2.53. The van der Waals surface area contributed by atoms with Crippen molar-refractivity contribution in [1.82, 2.24) is 0 Å². The van der Waals surface area contributed by atoms with Gasteiger partial charge in [-0.15, -0.1) is 0 Å². The summed E-state index contributed by atoms with van der Waals surface area (Å²) in [5.41, 5.74) is 34.7. The average Bonchev–Trinajstić information content (AvgIpc) is 1.58. The molecule has 582 valence electrons. The molecule has 0 amide bonds. The first-order valence-corrected chi connectivity index (χ1v) is 42.0. The lowest BCUT2D eigenvalue weighted by molar-refractivity contribution is 0.660. The normalized spacial score (nSPS) is 12.0. The molecule has 0 heterocycles. The third-order valence-corrected chi connectivity index (χ3v) is 24.1. The highest BCUT2D eigenvalue weighted by molar-refractivity contribution is 5.96. The summed E-state index contributed by atoms with van der Waals surface area (Å²) in [7, 11) is 0. The number of hydrogen-bond donors (Lipinski definition) is 0. The van der Waals surface area contributed by atoms with Gasteiger partial charge in [0.15, 0.2) is 0 Å². The average molecular weight is 1570 g/mol. The van der Waals surface area contributed by atoms with Crippen LogP contribution in [-0.2, 0) is 5.41 Å². The molecule has 0 atom stereocenters. The van der Waals surface area contributed by atoms with Crippen LogP contribution in [0.3, 0.4) is 0 Å². The highest BCUT2D eigenvalue weighted by atomic mass is 15.2. The van der Waals surface area contributed by atoms with Crippen LogP contribution >= 0.6 is 0 Å². The van der Waals surface area contributed by atoms with E-state index < -0.39 is 0 Å². The Balaban J connectivity index is 0.511. The Morgan fingerprint density at radius 1 is 0.195 bits per heavy atom. The van der Waals surface area contributed by atoms with Gasteiger partial charge in [-0.1, -0.05) is 323 Å². The van der Waals surface area contributed by atoms with E-state index in [1.54, 1.807) is 0 Å². The fourth-order valence-corrected chi connectivity index (χ4v) is 17.5. The van der Waals surface area contributed by atoms with Crippen LogP contribution in [0.1, 0.15) is 52.8 Å². The largest absolute Gasteiger partial charge is 0.311 e. The first-order chi connectivity index (χ1) is 60.6. The molecule has 5 heteroatoms. The van der Waals surface area contributed by atoms with Crippen molar-refractivity contribution in [2.24, 2.45) is 0 Å². The van der Waals surface area contributed by atoms with E-state index in [4.69, 9.17) is 0 Å². The van der Waals surface area contributed by atoms with Crippen LogP contribution in [0.5, 0.6) is 0 Å². The fourth-order valence-electron chi connectivity index (χ4n) is 17.5. The van der Waals surface area contributed by atoms with Gasteiger partial charge in [0.25, 0.3) is 0 Å². The van der Waals surface area contributed by atoms with Crippen molar-refractivity contribution in [3.8, 4) is 72.8 Å². The molecule has 0 saturated carbocycles. The minimum absolute atomic E-state index is 0.261. The van der Waals surface area contributed by atoms with Crippen molar-refractivity contribution < 1.29 is 0 Å². The molecule has 20 rings (SSSR count). The van der Waals surface area contributed by atoms with E-state index >= 15 is 0 Å². The molecule has 0 saturated heterocycles. The van der Waals surface area contributed by atoms with E-state index in [0.717, 1.165) is 129 Å². The molecule has 0 bridgehead atoms. The quantitative estimate of drug-likeness (QED) is 0.0670. The lowest BCUT2D eigenvalue weighted by atomic mass is 9.82. The van der Waals surface area contributed by atoms with E-state index in [9.17, 15) is 5.26 Å². The molecule has 0 radical (unpaired) electrons. The van der Waals surface area contributed by atoms with Crippen LogP contribution in [0, 0.1) is 11.3 Å². The molecule has 5 nitrogen and oxygen atoms in total. The first kappa shape index (κ1) is 75.6. The van der Waals surface area contributed by atoms with E-state index in [1.807, 2.05) is 24.3 Å². The Bertz CT molecular complexity index is 7030. The topological polar surface area (TPSA) is 36.8 Å². The van der Waals surface area contributed by atoms with Crippen LogP contribution in [0.25, 0.3) is 113 Å². The van der Waals surface area contributed by atoms with Gasteiger partial charge in [0, 0.05) is 73.7 Å². The molecule has 0 N–H and O–H groups in total. The molecule has 1 aliphatic carbocycles. The Kier molecular flexibility index (Phi) is 20.5. The second kappa shape index (κ2) is 33.3. The van der Waals surface area contributed by atoms with Crippen molar-refractivity contribution in [3.05, 3.63) is 494 Å². The summed E-state index contributed by atoms with van der Waals surface area (Å²) in [4.78, 5) is 9.27. The van der Waals surface area contributed by atoms with Gasteiger partial charge in [0.1, 0.15) is 0 Å². The lowest BCUT2D eigenvalue weighted by Gasteiger charge is -2.28. The number of rotatable bonds is 21. The Morgan fingerprint density at radius 2 is 0.447 bits per heavy atom. The molecule has 0 unspecified atom stereocenters. The van der Waals surface area contributed by atoms with Gasteiger partial charge in [0.2, 0.25) is 0 Å². The lowest BCUT2D eigenvalue weighted by Crippen LogP contribution is -2.16. The number of anilines is 12. The highest BCUT2D eigenvalue weighted by Gasteiger charge is 2.37. The van der Waals surface area contributed by atoms with E-state index in [0.29, 0.717) is 5.56 Å². The summed E-state index contributed by atoms with van der Waals surface area (Å²) in [6.07, 6.45) is 8.74. The van der Waals surface area contributed by atoms with Crippen molar-refractivity contribution >= 4 is 114 Å². The van der Waals surface area contributed by atoms with Gasteiger partial charge >= 0.3 is 0 Å². The van der Waals surface area contributed by atoms with Crippen molar-refractivity contribution in [2.45, 2.75) is 19.3 Å². The number of nitriles is 1. The Hall–Kier alpha value is -16.1. The van der Waals surface area contributed by atoms with Gasteiger partial charge in [-0.25, -0.2) is 0 Å².